The highest BCUT2D eigenvalue weighted by Gasteiger charge is 2.20. The molecule has 72 valence electrons. The predicted octanol–water partition coefficient (Wildman–Crippen LogP) is 2.92. The normalized spacial score (nSPS) is 10.7. The lowest BCUT2D eigenvalue weighted by molar-refractivity contribution is 0.0665. The Morgan fingerprint density at radius 2 is 2.21 bits per heavy atom. The fraction of sp³-hybridized carbons (Fsp3) is 0. The van der Waals surface area contributed by atoms with Crippen molar-refractivity contribution >= 4 is 28.5 Å². The molecule has 0 radical (unpaired) electrons. The summed E-state index contributed by atoms with van der Waals surface area (Å²) in [5.74, 6) is -2.35. The highest BCUT2D eigenvalue weighted by atomic mass is 35.5. The van der Waals surface area contributed by atoms with Crippen LogP contribution >= 0.6 is 11.6 Å². The van der Waals surface area contributed by atoms with Crippen molar-refractivity contribution in [2.45, 2.75) is 0 Å². The minimum absolute atomic E-state index is 0.00608. The van der Waals surface area contributed by atoms with Gasteiger partial charge in [0.25, 0.3) is 0 Å². The number of halogens is 2. The van der Waals surface area contributed by atoms with Crippen LogP contribution in [-0.2, 0) is 0 Å². The lowest BCUT2D eigenvalue weighted by Gasteiger charge is -1.89. The van der Waals surface area contributed by atoms with Crippen molar-refractivity contribution in [3.8, 4) is 0 Å². The first-order chi connectivity index (χ1) is 6.61. The largest absolute Gasteiger partial charge is 0.475 e. The number of fused-ring (bicyclic) bond motifs is 1. The summed E-state index contributed by atoms with van der Waals surface area (Å²) < 4.78 is 18.1. The van der Waals surface area contributed by atoms with Crippen LogP contribution in [0.2, 0.25) is 5.02 Å². The van der Waals surface area contributed by atoms with Gasteiger partial charge in [0.05, 0.1) is 5.39 Å². The van der Waals surface area contributed by atoms with Crippen LogP contribution in [0.5, 0.6) is 0 Å². The van der Waals surface area contributed by atoms with E-state index in [2.05, 4.69) is 0 Å². The van der Waals surface area contributed by atoms with E-state index in [9.17, 15) is 9.18 Å². The van der Waals surface area contributed by atoms with Gasteiger partial charge in [0, 0.05) is 0 Å². The predicted molar refractivity (Wildman–Crippen MR) is 48.1 cm³/mol. The van der Waals surface area contributed by atoms with E-state index >= 15 is 0 Å². The molecule has 14 heavy (non-hydrogen) atoms. The van der Waals surface area contributed by atoms with Gasteiger partial charge in [0.2, 0.25) is 5.76 Å². The van der Waals surface area contributed by atoms with E-state index in [4.69, 9.17) is 21.1 Å². The molecule has 0 amide bonds. The maximum Gasteiger partial charge on any atom is 0.373 e. The number of furan rings is 1. The summed E-state index contributed by atoms with van der Waals surface area (Å²) in [6.07, 6.45) is 0. The Morgan fingerprint density at radius 1 is 1.50 bits per heavy atom. The molecule has 0 bridgehead atoms. The lowest BCUT2D eigenvalue weighted by atomic mass is 10.2. The molecule has 1 N–H and O–H groups in total. The first-order valence-electron chi connectivity index (χ1n) is 3.71. The van der Waals surface area contributed by atoms with Crippen molar-refractivity contribution in [3.05, 3.63) is 34.8 Å². The van der Waals surface area contributed by atoms with Crippen molar-refractivity contribution in [1.29, 1.82) is 0 Å². The van der Waals surface area contributed by atoms with Gasteiger partial charge in [-0.25, -0.2) is 9.18 Å². The van der Waals surface area contributed by atoms with E-state index in [0.29, 0.717) is 0 Å². The van der Waals surface area contributed by atoms with Crippen molar-refractivity contribution < 1.29 is 18.7 Å². The number of carboxylic acids is 1. The zero-order valence-electron chi connectivity index (χ0n) is 6.75. The molecule has 0 saturated carbocycles. The molecule has 3 nitrogen and oxygen atoms in total. The van der Waals surface area contributed by atoms with Crippen LogP contribution in [0.25, 0.3) is 11.0 Å². The Balaban J connectivity index is 2.87. The Hall–Kier alpha value is -1.55. The van der Waals surface area contributed by atoms with Gasteiger partial charge in [-0.15, -0.1) is 0 Å². The van der Waals surface area contributed by atoms with E-state index in [0.717, 1.165) is 0 Å². The Bertz CT molecular complexity index is 518. The third-order valence-electron chi connectivity index (χ3n) is 1.80. The summed E-state index contributed by atoms with van der Waals surface area (Å²) in [7, 11) is 0. The summed E-state index contributed by atoms with van der Waals surface area (Å²) in [4.78, 5) is 10.6. The highest BCUT2D eigenvalue weighted by Crippen LogP contribution is 2.32. The highest BCUT2D eigenvalue weighted by molar-refractivity contribution is 6.38. The molecule has 1 aromatic heterocycles. The lowest BCUT2D eigenvalue weighted by Crippen LogP contribution is -1.93. The fourth-order valence-corrected chi connectivity index (χ4v) is 1.51. The Labute approximate surface area is 82.7 Å². The molecule has 1 heterocycles. The van der Waals surface area contributed by atoms with Gasteiger partial charge in [0.1, 0.15) is 16.4 Å². The number of hydrogen-bond acceptors (Lipinski definition) is 2. The SMILES string of the molecule is O=C(O)c1oc2cccc(F)c2c1Cl. The smallest absolute Gasteiger partial charge is 0.373 e. The van der Waals surface area contributed by atoms with E-state index in [-0.39, 0.29) is 16.0 Å². The molecule has 0 aliphatic rings. The molecule has 0 unspecified atom stereocenters. The van der Waals surface area contributed by atoms with E-state index in [1.165, 1.54) is 18.2 Å². The molecule has 0 fully saturated rings. The average molecular weight is 215 g/mol. The molecule has 0 saturated heterocycles. The zero-order chi connectivity index (χ0) is 10.3. The molecule has 0 aliphatic carbocycles. The van der Waals surface area contributed by atoms with Gasteiger partial charge in [-0.1, -0.05) is 17.7 Å². The van der Waals surface area contributed by atoms with Crippen LogP contribution in [0.1, 0.15) is 10.6 Å². The summed E-state index contributed by atoms with van der Waals surface area (Å²) >= 11 is 5.64. The summed E-state index contributed by atoms with van der Waals surface area (Å²) in [5.41, 5.74) is 0.132. The van der Waals surface area contributed by atoms with Crippen LogP contribution in [0.3, 0.4) is 0 Å². The summed E-state index contributed by atoms with van der Waals surface area (Å²) in [6, 6.07) is 4.06. The molecular weight excluding hydrogens is 211 g/mol. The van der Waals surface area contributed by atoms with Crippen molar-refractivity contribution in [3.63, 3.8) is 0 Å². The maximum atomic E-state index is 13.2. The second-order valence-corrected chi connectivity index (χ2v) is 3.04. The average Bonchev–Trinajstić information content (AvgIpc) is 2.45. The maximum absolute atomic E-state index is 13.2. The Morgan fingerprint density at radius 3 is 2.79 bits per heavy atom. The minimum Gasteiger partial charge on any atom is -0.475 e. The van der Waals surface area contributed by atoms with Gasteiger partial charge in [-0.05, 0) is 12.1 Å². The summed E-state index contributed by atoms with van der Waals surface area (Å²) in [5, 5.41) is 8.46. The van der Waals surface area contributed by atoms with Crippen LogP contribution in [-0.4, -0.2) is 11.1 Å². The minimum atomic E-state index is -1.31. The number of carbonyl (C=O) groups is 1. The Kier molecular flexibility index (Phi) is 1.93. The standard InChI is InChI=1S/C9H4ClFO3/c10-7-6-4(11)2-1-3-5(6)14-8(7)9(12)13/h1-3H,(H,12,13). The van der Waals surface area contributed by atoms with Crippen LogP contribution < -0.4 is 0 Å². The van der Waals surface area contributed by atoms with Crippen molar-refractivity contribution in [2.75, 3.05) is 0 Å². The van der Waals surface area contributed by atoms with Gasteiger partial charge in [-0.2, -0.15) is 0 Å². The molecular formula is C9H4ClFO3. The first-order valence-corrected chi connectivity index (χ1v) is 4.09. The van der Waals surface area contributed by atoms with Gasteiger partial charge >= 0.3 is 5.97 Å². The number of rotatable bonds is 1. The first kappa shape index (κ1) is 9.02. The van der Waals surface area contributed by atoms with E-state index < -0.39 is 17.5 Å². The molecule has 2 rings (SSSR count). The van der Waals surface area contributed by atoms with Crippen LogP contribution in [0.15, 0.2) is 22.6 Å². The molecule has 1 aromatic carbocycles. The number of benzene rings is 1. The van der Waals surface area contributed by atoms with E-state index in [1.807, 2.05) is 0 Å². The van der Waals surface area contributed by atoms with Gasteiger partial charge < -0.3 is 9.52 Å². The number of hydrogen-bond donors (Lipinski definition) is 1. The van der Waals surface area contributed by atoms with Crippen molar-refractivity contribution in [1.82, 2.24) is 0 Å². The molecule has 0 atom stereocenters. The third kappa shape index (κ3) is 1.15. The summed E-state index contributed by atoms with van der Waals surface area (Å²) in [6.45, 7) is 0. The molecule has 2 aromatic rings. The number of aromatic carboxylic acids is 1. The second-order valence-electron chi connectivity index (χ2n) is 2.66. The number of carboxylic acid groups (broad SMARTS) is 1. The van der Waals surface area contributed by atoms with Crippen LogP contribution in [0.4, 0.5) is 4.39 Å². The molecule has 5 heteroatoms. The quantitative estimate of drug-likeness (QED) is 0.794. The van der Waals surface area contributed by atoms with Crippen LogP contribution in [0, 0.1) is 5.82 Å². The van der Waals surface area contributed by atoms with E-state index in [1.54, 1.807) is 0 Å². The molecule has 0 spiro atoms. The van der Waals surface area contributed by atoms with Crippen molar-refractivity contribution in [2.24, 2.45) is 0 Å². The topological polar surface area (TPSA) is 50.4 Å². The third-order valence-corrected chi connectivity index (χ3v) is 2.16. The van der Waals surface area contributed by atoms with Gasteiger partial charge in [-0.3, -0.25) is 0 Å². The monoisotopic (exact) mass is 214 g/mol. The van der Waals surface area contributed by atoms with Gasteiger partial charge in [0.15, 0.2) is 0 Å². The second kappa shape index (κ2) is 2.99. The fourth-order valence-electron chi connectivity index (χ4n) is 1.21. The zero-order valence-corrected chi connectivity index (χ0v) is 7.51. The molecule has 0 aliphatic heterocycles.